The Kier molecular flexibility index (Phi) is 8.21. The van der Waals surface area contributed by atoms with E-state index in [1.54, 1.807) is 12.1 Å². The first kappa shape index (κ1) is 21.3. The zero-order valence-electron chi connectivity index (χ0n) is 14.5. The number of Topliss-reactive ketones (excluding diaryl/α,β-unsaturated/α-hetero) is 1. The van der Waals surface area contributed by atoms with Crippen LogP contribution in [-0.4, -0.2) is 37.9 Å². The van der Waals surface area contributed by atoms with Crippen LogP contribution >= 0.6 is 0 Å². The first-order valence-corrected chi connectivity index (χ1v) is 9.52. The standard InChI is InChI=1S/C10H17NO3.C7H8O3S/c1-14-10(13)8(11)9(12)7-5-3-2-4-6-7;1-6-2-4-7(5-3-6)11(8,9)10/h7-8H,2-6,11H2,1H3;2-5H,1H3,(H,8,9,10). The Labute approximate surface area is 148 Å². The molecule has 0 heterocycles. The topological polar surface area (TPSA) is 124 Å². The molecule has 7 nitrogen and oxygen atoms in total. The van der Waals surface area contributed by atoms with Crippen molar-refractivity contribution in [3.8, 4) is 0 Å². The highest BCUT2D eigenvalue weighted by molar-refractivity contribution is 7.85. The number of nitrogens with two attached hydrogens (primary N) is 1. The van der Waals surface area contributed by atoms with E-state index in [9.17, 15) is 18.0 Å². The van der Waals surface area contributed by atoms with Crippen LogP contribution < -0.4 is 5.73 Å². The van der Waals surface area contributed by atoms with Gasteiger partial charge >= 0.3 is 5.97 Å². The highest BCUT2D eigenvalue weighted by Gasteiger charge is 2.30. The largest absolute Gasteiger partial charge is 0.468 e. The fourth-order valence-electron chi connectivity index (χ4n) is 2.59. The molecule has 0 radical (unpaired) electrons. The van der Waals surface area contributed by atoms with Crippen LogP contribution in [0.15, 0.2) is 29.2 Å². The molecule has 1 aromatic carbocycles. The maximum atomic E-state index is 11.7. The normalized spacial score (nSPS) is 16.3. The molecule has 0 saturated heterocycles. The van der Waals surface area contributed by atoms with E-state index in [1.807, 2.05) is 6.92 Å². The first-order chi connectivity index (χ1) is 11.7. The van der Waals surface area contributed by atoms with Crippen LogP contribution in [0.1, 0.15) is 37.7 Å². The minimum Gasteiger partial charge on any atom is -0.468 e. The number of benzene rings is 1. The van der Waals surface area contributed by atoms with Crippen molar-refractivity contribution in [2.75, 3.05) is 7.11 Å². The zero-order valence-corrected chi connectivity index (χ0v) is 15.3. The van der Waals surface area contributed by atoms with Crippen LogP contribution in [0.5, 0.6) is 0 Å². The summed E-state index contributed by atoms with van der Waals surface area (Å²) in [6.45, 7) is 1.84. The molecule has 1 aliphatic rings. The Hall–Kier alpha value is -1.77. The van der Waals surface area contributed by atoms with Gasteiger partial charge in [-0.1, -0.05) is 37.0 Å². The number of hydrogen-bond donors (Lipinski definition) is 2. The minimum atomic E-state index is -4.02. The average molecular weight is 371 g/mol. The zero-order chi connectivity index (χ0) is 19.0. The molecule has 0 spiro atoms. The van der Waals surface area contributed by atoms with E-state index in [2.05, 4.69) is 4.74 Å². The van der Waals surface area contributed by atoms with Gasteiger partial charge in [0, 0.05) is 5.92 Å². The molecule has 0 aromatic heterocycles. The second-order valence-corrected chi connectivity index (χ2v) is 7.45. The fraction of sp³-hybridized carbons (Fsp3) is 0.529. The van der Waals surface area contributed by atoms with Gasteiger partial charge in [-0.15, -0.1) is 0 Å². The summed E-state index contributed by atoms with van der Waals surface area (Å²) >= 11 is 0. The number of carbonyl (C=O) groups is 2. The molecule has 140 valence electrons. The van der Waals surface area contributed by atoms with Crippen molar-refractivity contribution in [3.05, 3.63) is 29.8 Å². The summed E-state index contributed by atoms with van der Waals surface area (Å²) < 4.78 is 34.0. The third kappa shape index (κ3) is 6.93. The number of methoxy groups -OCH3 is 1. The summed E-state index contributed by atoms with van der Waals surface area (Å²) in [7, 11) is -2.77. The van der Waals surface area contributed by atoms with Gasteiger partial charge in [-0.25, -0.2) is 4.79 Å². The molecule has 3 N–H and O–H groups in total. The molecule has 1 aliphatic carbocycles. The number of rotatable bonds is 4. The van der Waals surface area contributed by atoms with Gasteiger partial charge in [0.15, 0.2) is 11.8 Å². The van der Waals surface area contributed by atoms with Crippen LogP contribution in [-0.2, 0) is 24.4 Å². The summed E-state index contributed by atoms with van der Waals surface area (Å²) in [5.41, 5.74) is 6.43. The molecule has 1 atom stereocenters. The lowest BCUT2D eigenvalue weighted by atomic mass is 9.84. The molecule has 0 aliphatic heterocycles. The third-order valence-electron chi connectivity index (χ3n) is 4.09. The molecule has 25 heavy (non-hydrogen) atoms. The van der Waals surface area contributed by atoms with E-state index in [0.717, 1.165) is 31.2 Å². The highest BCUT2D eigenvalue weighted by Crippen LogP contribution is 2.25. The molecule has 1 unspecified atom stereocenters. The summed E-state index contributed by atoms with van der Waals surface area (Å²) in [4.78, 5) is 22.6. The van der Waals surface area contributed by atoms with Gasteiger partial charge < -0.3 is 10.5 Å². The first-order valence-electron chi connectivity index (χ1n) is 8.08. The van der Waals surface area contributed by atoms with Crippen molar-refractivity contribution in [1.82, 2.24) is 0 Å². The van der Waals surface area contributed by atoms with Crippen LogP contribution in [0.25, 0.3) is 0 Å². The van der Waals surface area contributed by atoms with Gasteiger partial charge in [0.25, 0.3) is 10.1 Å². The molecule has 1 saturated carbocycles. The summed E-state index contributed by atoms with van der Waals surface area (Å²) in [5.74, 6) is -0.810. The molecule has 1 aromatic rings. The lowest BCUT2D eigenvalue weighted by molar-refractivity contribution is -0.146. The van der Waals surface area contributed by atoms with E-state index in [0.29, 0.717) is 0 Å². The van der Waals surface area contributed by atoms with Gasteiger partial charge in [0.1, 0.15) is 0 Å². The van der Waals surface area contributed by atoms with Gasteiger partial charge in [-0.05, 0) is 31.9 Å². The third-order valence-corrected chi connectivity index (χ3v) is 4.96. The maximum absolute atomic E-state index is 11.7. The lowest BCUT2D eigenvalue weighted by Crippen LogP contribution is -2.43. The number of ketones is 1. The van der Waals surface area contributed by atoms with Gasteiger partial charge in [-0.2, -0.15) is 8.42 Å². The fourth-order valence-corrected chi connectivity index (χ4v) is 3.07. The van der Waals surface area contributed by atoms with Crippen molar-refractivity contribution < 1.29 is 27.3 Å². The van der Waals surface area contributed by atoms with E-state index >= 15 is 0 Å². The van der Waals surface area contributed by atoms with Crippen molar-refractivity contribution in [2.24, 2.45) is 11.7 Å². The predicted molar refractivity (Wildman–Crippen MR) is 92.6 cm³/mol. The summed E-state index contributed by atoms with van der Waals surface area (Å²) in [6.07, 6.45) is 5.03. The van der Waals surface area contributed by atoms with Crippen molar-refractivity contribution in [1.29, 1.82) is 0 Å². The molecule has 0 bridgehead atoms. The lowest BCUT2D eigenvalue weighted by Gasteiger charge is -2.22. The van der Waals surface area contributed by atoms with E-state index in [1.165, 1.54) is 25.7 Å². The van der Waals surface area contributed by atoms with E-state index in [4.69, 9.17) is 10.3 Å². The van der Waals surface area contributed by atoms with E-state index < -0.39 is 22.1 Å². The van der Waals surface area contributed by atoms with Crippen molar-refractivity contribution in [3.63, 3.8) is 0 Å². The van der Waals surface area contributed by atoms with Crippen LogP contribution in [0.2, 0.25) is 0 Å². The van der Waals surface area contributed by atoms with Gasteiger partial charge in [0.05, 0.1) is 12.0 Å². The molecule has 2 rings (SSSR count). The number of aryl methyl sites for hydroxylation is 1. The van der Waals surface area contributed by atoms with Gasteiger partial charge in [0.2, 0.25) is 0 Å². The number of esters is 1. The van der Waals surface area contributed by atoms with Crippen LogP contribution in [0.4, 0.5) is 0 Å². The van der Waals surface area contributed by atoms with Gasteiger partial charge in [-0.3, -0.25) is 9.35 Å². The number of ether oxygens (including phenoxy) is 1. The average Bonchev–Trinajstić information content (AvgIpc) is 2.60. The Bertz CT molecular complexity index is 678. The minimum absolute atomic E-state index is 0.0298. The molecule has 1 fully saturated rings. The number of carbonyl (C=O) groups excluding carboxylic acids is 2. The molecular formula is C17H25NO6S. The van der Waals surface area contributed by atoms with Crippen LogP contribution in [0.3, 0.4) is 0 Å². The van der Waals surface area contributed by atoms with Crippen molar-refractivity contribution in [2.45, 2.75) is 50.0 Å². The van der Waals surface area contributed by atoms with E-state index in [-0.39, 0.29) is 16.6 Å². The summed E-state index contributed by atoms with van der Waals surface area (Å²) in [5, 5.41) is 0. The second-order valence-electron chi connectivity index (χ2n) is 6.03. The predicted octanol–water partition coefficient (Wildman–Crippen LogP) is 1.88. The smallest absolute Gasteiger partial charge is 0.330 e. The Morgan fingerprint density at radius 1 is 1.16 bits per heavy atom. The molecule has 0 amide bonds. The SMILES string of the molecule is COC(=O)C(N)C(=O)C1CCCCC1.Cc1ccc(S(=O)(=O)O)cc1. The molecule has 8 heteroatoms. The monoisotopic (exact) mass is 371 g/mol. The van der Waals surface area contributed by atoms with Crippen LogP contribution in [0, 0.1) is 12.8 Å². The Morgan fingerprint density at radius 3 is 2.12 bits per heavy atom. The maximum Gasteiger partial charge on any atom is 0.330 e. The number of hydrogen-bond acceptors (Lipinski definition) is 6. The second kappa shape index (κ2) is 9.65. The quantitative estimate of drug-likeness (QED) is 0.470. The molecular weight excluding hydrogens is 346 g/mol. The highest BCUT2D eigenvalue weighted by atomic mass is 32.2. The summed E-state index contributed by atoms with van der Waals surface area (Å²) in [6, 6.07) is 4.91. The van der Waals surface area contributed by atoms with Crippen molar-refractivity contribution >= 4 is 21.9 Å². The Balaban J connectivity index is 0.000000257. The Morgan fingerprint density at radius 2 is 1.68 bits per heavy atom.